The monoisotopic (exact) mass is 154 g/mol. The van der Waals surface area contributed by atoms with Crippen LogP contribution < -0.4 is 0 Å². The maximum absolute atomic E-state index is 11.1. The second-order valence-electron chi connectivity index (χ2n) is 1.11. The van der Waals surface area contributed by atoms with E-state index in [9.17, 15) is 17.2 Å². The summed E-state index contributed by atoms with van der Waals surface area (Å²) in [4.78, 5) is 0. The summed E-state index contributed by atoms with van der Waals surface area (Å²) in [5.41, 5.74) is 0. The van der Waals surface area contributed by atoms with E-state index >= 15 is 0 Å². The van der Waals surface area contributed by atoms with Gasteiger partial charge in [0.15, 0.2) is 9.84 Å². The van der Waals surface area contributed by atoms with Crippen molar-refractivity contribution in [2.75, 3.05) is 0 Å². The van der Waals surface area contributed by atoms with E-state index in [1.54, 1.807) is 0 Å². The minimum absolute atomic E-state index is 0.171. The third kappa shape index (κ3) is 3.84. The van der Waals surface area contributed by atoms with Gasteiger partial charge in [0.05, 0.1) is 23.5 Å². The average molecular weight is 154 g/mol. The lowest BCUT2D eigenvalue weighted by atomic mass is 11.2. The molecule has 0 atom stereocenters. The van der Waals surface area contributed by atoms with Crippen LogP contribution >= 0.6 is 0 Å². The van der Waals surface area contributed by atoms with Crippen molar-refractivity contribution < 1.29 is 17.2 Å². The van der Waals surface area contributed by atoms with E-state index in [4.69, 9.17) is 0 Å². The summed E-state index contributed by atoms with van der Waals surface area (Å²) < 4.78 is 42.5. The molecule has 9 heavy (non-hydrogen) atoms. The lowest BCUT2D eigenvalue weighted by Crippen LogP contribution is -1.85. The van der Waals surface area contributed by atoms with Crippen molar-refractivity contribution in [3.63, 3.8) is 0 Å². The van der Waals surface area contributed by atoms with Gasteiger partial charge in [0.25, 0.3) is 0 Å². The molecule has 0 spiro atoms. The molecule has 0 heterocycles. The normalized spacial score (nSPS) is 13.6. The minimum Gasteiger partial charge on any atom is -0.220 e. The molecule has 5 heteroatoms. The Kier molecular flexibility index (Phi) is 3.08. The third-order valence-corrected chi connectivity index (χ3v) is 1.45. The Morgan fingerprint density at radius 2 is 1.33 bits per heavy atom. The van der Waals surface area contributed by atoms with Gasteiger partial charge >= 0.3 is 0 Å². The molecule has 0 aliphatic heterocycles. The Balaban J connectivity index is 4.42. The lowest BCUT2D eigenvalue weighted by molar-refractivity contribution is 0.610. The third-order valence-electron chi connectivity index (χ3n) is 0.482. The topological polar surface area (TPSA) is 34.1 Å². The molecule has 0 aromatic rings. The van der Waals surface area contributed by atoms with Crippen molar-refractivity contribution >= 4 is 9.84 Å². The molecule has 0 aliphatic carbocycles. The first kappa shape index (κ1) is 8.29. The Bertz CT molecular complexity index is 197. The average Bonchev–Trinajstić information content (AvgIpc) is 1.64. The minimum atomic E-state index is -3.79. The molecule has 0 N–H and O–H groups in total. The molecule has 2 nitrogen and oxygen atoms in total. The van der Waals surface area contributed by atoms with Crippen LogP contribution in [0.25, 0.3) is 0 Å². The number of hydrogen-bond acceptors (Lipinski definition) is 2. The Morgan fingerprint density at radius 1 is 1.00 bits per heavy atom. The molecule has 0 rings (SSSR count). The highest BCUT2D eigenvalue weighted by molar-refractivity contribution is 7.97. The largest absolute Gasteiger partial charge is 0.220 e. The SMILES string of the molecule is O=S(=O)(C=CF)C=CF. The lowest BCUT2D eigenvalue weighted by Gasteiger charge is -1.80. The fourth-order valence-corrected chi connectivity index (χ4v) is 0.566. The van der Waals surface area contributed by atoms with Gasteiger partial charge in [0.2, 0.25) is 0 Å². The maximum atomic E-state index is 11.1. The molecule has 0 saturated heterocycles. The molecule has 0 aromatic carbocycles. The van der Waals surface area contributed by atoms with Gasteiger partial charge in [-0.2, -0.15) is 0 Å². The fourth-order valence-electron chi connectivity index (χ4n) is 0.189. The van der Waals surface area contributed by atoms with Crippen LogP contribution in [0.15, 0.2) is 23.5 Å². The first-order valence-electron chi connectivity index (χ1n) is 1.91. The smallest absolute Gasteiger partial charge is 0.197 e. The molecule has 0 amide bonds. The van der Waals surface area contributed by atoms with Gasteiger partial charge in [-0.25, -0.2) is 17.2 Å². The van der Waals surface area contributed by atoms with E-state index < -0.39 is 9.84 Å². The van der Waals surface area contributed by atoms with E-state index in [-0.39, 0.29) is 23.5 Å². The Labute approximate surface area is 51.4 Å². The zero-order valence-electron chi connectivity index (χ0n) is 4.29. The van der Waals surface area contributed by atoms with Crippen molar-refractivity contribution in [1.82, 2.24) is 0 Å². The van der Waals surface area contributed by atoms with Gasteiger partial charge in [0, 0.05) is 0 Å². The highest BCUT2D eigenvalue weighted by Gasteiger charge is 1.96. The zero-order valence-corrected chi connectivity index (χ0v) is 5.11. The highest BCUT2D eigenvalue weighted by atomic mass is 32.2. The molecule has 0 saturated carbocycles. The van der Waals surface area contributed by atoms with E-state index in [0.29, 0.717) is 0 Å². The highest BCUT2D eigenvalue weighted by Crippen LogP contribution is 1.94. The zero-order chi connectivity index (χ0) is 7.33. The van der Waals surface area contributed by atoms with Crippen LogP contribution in [-0.4, -0.2) is 8.42 Å². The van der Waals surface area contributed by atoms with E-state index in [1.165, 1.54) is 0 Å². The summed E-state index contributed by atoms with van der Waals surface area (Å²) in [5, 5.41) is 0.506. The summed E-state index contributed by atoms with van der Waals surface area (Å²) in [6, 6.07) is 0. The van der Waals surface area contributed by atoms with Crippen molar-refractivity contribution in [2.24, 2.45) is 0 Å². The number of hydrogen-bond donors (Lipinski definition) is 0. The molecule has 0 radical (unpaired) electrons. The van der Waals surface area contributed by atoms with Crippen LogP contribution in [-0.2, 0) is 9.84 Å². The molecule has 52 valence electrons. The molecule has 0 unspecified atom stereocenters. The summed E-state index contributed by atoms with van der Waals surface area (Å²) >= 11 is 0. The van der Waals surface area contributed by atoms with Crippen LogP contribution in [0.1, 0.15) is 0 Å². The number of sulfone groups is 1. The molecule has 0 bridgehead atoms. The van der Waals surface area contributed by atoms with Gasteiger partial charge in [-0.1, -0.05) is 0 Å². The quantitative estimate of drug-likeness (QED) is 0.600. The van der Waals surface area contributed by atoms with Crippen molar-refractivity contribution in [1.29, 1.82) is 0 Å². The molecule has 0 aliphatic rings. The van der Waals surface area contributed by atoms with Crippen molar-refractivity contribution in [3.8, 4) is 0 Å². The van der Waals surface area contributed by atoms with E-state index in [1.807, 2.05) is 0 Å². The first-order chi connectivity index (χ1) is 4.12. The Hall–Kier alpha value is -0.710. The standard InChI is InChI=1S/C4H4F2O2S/c5-1-3-9(7,8)4-2-6/h1-4H. The van der Waals surface area contributed by atoms with Gasteiger partial charge in [0.1, 0.15) is 0 Å². The van der Waals surface area contributed by atoms with Crippen molar-refractivity contribution in [2.45, 2.75) is 0 Å². The van der Waals surface area contributed by atoms with Crippen LogP contribution in [0.2, 0.25) is 0 Å². The van der Waals surface area contributed by atoms with Gasteiger partial charge in [-0.3, -0.25) is 0 Å². The number of halogens is 2. The summed E-state index contributed by atoms with van der Waals surface area (Å²) in [7, 11) is -3.79. The van der Waals surface area contributed by atoms with Crippen molar-refractivity contribution in [3.05, 3.63) is 23.5 Å². The van der Waals surface area contributed by atoms with Crippen LogP contribution in [0.3, 0.4) is 0 Å². The summed E-state index contributed by atoms with van der Waals surface area (Å²) in [5.74, 6) is 0. The molecular formula is C4H4F2O2S. The van der Waals surface area contributed by atoms with Gasteiger partial charge in [-0.15, -0.1) is 0 Å². The van der Waals surface area contributed by atoms with Gasteiger partial charge in [-0.05, 0) is 0 Å². The first-order valence-corrected chi connectivity index (χ1v) is 3.52. The predicted octanol–water partition coefficient (Wildman–Crippen LogP) is 1.28. The molecule has 0 aromatic heterocycles. The second kappa shape index (κ2) is 3.34. The van der Waals surface area contributed by atoms with E-state index in [2.05, 4.69) is 0 Å². The number of rotatable bonds is 2. The summed E-state index contributed by atoms with van der Waals surface area (Å²) in [6.45, 7) is 0. The Morgan fingerprint density at radius 3 is 1.56 bits per heavy atom. The van der Waals surface area contributed by atoms with Crippen LogP contribution in [0.5, 0.6) is 0 Å². The molecular weight excluding hydrogens is 150 g/mol. The second-order valence-corrected chi connectivity index (χ2v) is 2.84. The fraction of sp³-hybridized carbons (Fsp3) is 0. The predicted molar refractivity (Wildman–Crippen MR) is 29.4 cm³/mol. The van der Waals surface area contributed by atoms with E-state index in [0.717, 1.165) is 0 Å². The molecule has 0 fully saturated rings. The maximum Gasteiger partial charge on any atom is 0.197 e. The van der Waals surface area contributed by atoms with Gasteiger partial charge < -0.3 is 0 Å². The van der Waals surface area contributed by atoms with Crippen LogP contribution in [0.4, 0.5) is 8.78 Å². The summed E-state index contributed by atoms with van der Waals surface area (Å²) in [6.07, 6.45) is -0.343. The van der Waals surface area contributed by atoms with Crippen LogP contribution in [0, 0.1) is 0 Å².